The van der Waals surface area contributed by atoms with Crippen molar-refractivity contribution in [1.29, 1.82) is 0 Å². The van der Waals surface area contributed by atoms with E-state index in [2.05, 4.69) is 12.2 Å². The molecule has 1 aliphatic carbocycles. The molecular formula is C13H26N2O. The second-order valence-electron chi connectivity index (χ2n) is 5.55. The summed E-state index contributed by atoms with van der Waals surface area (Å²) in [6.45, 7) is 6.23. The van der Waals surface area contributed by atoms with E-state index in [-0.39, 0.29) is 0 Å². The van der Waals surface area contributed by atoms with E-state index in [9.17, 15) is 0 Å². The summed E-state index contributed by atoms with van der Waals surface area (Å²) in [4.78, 5) is 0. The van der Waals surface area contributed by atoms with E-state index in [0.717, 1.165) is 38.6 Å². The summed E-state index contributed by atoms with van der Waals surface area (Å²) in [7, 11) is 0. The van der Waals surface area contributed by atoms with Gasteiger partial charge in [0, 0.05) is 19.7 Å². The Balaban J connectivity index is 1.67. The van der Waals surface area contributed by atoms with Gasteiger partial charge in [0.2, 0.25) is 0 Å². The Bertz CT molecular complexity index is 210. The third-order valence-corrected chi connectivity index (χ3v) is 4.50. The lowest BCUT2D eigenvalue weighted by molar-refractivity contribution is 0.0839. The highest BCUT2D eigenvalue weighted by atomic mass is 16.5. The molecule has 2 unspecified atom stereocenters. The third-order valence-electron chi connectivity index (χ3n) is 4.50. The first kappa shape index (κ1) is 12.3. The molecule has 1 aliphatic heterocycles. The second kappa shape index (κ2) is 5.48. The van der Waals surface area contributed by atoms with E-state index in [1.165, 1.54) is 25.7 Å². The molecular weight excluding hydrogens is 200 g/mol. The van der Waals surface area contributed by atoms with Crippen LogP contribution in [0.4, 0.5) is 0 Å². The Morgan fingerprint density at radius 3 is 2.81 bits per heavy atom. The zero-order valence-electron chi connectivity index (χ0n) is 10.5. The number of hydrogen-bond donors (Lipinski definition) is 2. The van der Waals surface area contributed by atoms with Crippen molar-refractivity contribution in [1.82, 2.24) is 5.32 Å². The Kier molecular flexibility index (Phi) is 4.22. The Morgan fingerprint density at radius 1 is 1.44 bits per heavy atom. The fourth-order valence-electron chi connectivity index (χ4n) is 3.03. The van der Waals surface area contributed by atoms with E-state index in [4.69, 9.17) is 10.5 Å². The van der Waals surface area contributed by atoms with Crippen LogP contribution in [0.5, 0.6) is 0 Å². The van der Waals surface area contributed by atoms with E-state index in [1.807, 2.05) is 0 Å². The van der Waals surface area contributed by atoms with Crippen LogP contribution in [0.25, 0.3) is 0 Å². The van der Waals surface area contributed by atoms with Crippen LogP contribution in [0.1, 0.15) is 39.0 Å². The maximum atomic E-state index is 5.85. The van der Waals surface area contributed by atoms with Gasteiger partial charge >= 0.3 is 0 Å². The molecule has 0 amide bonds. The quantitative estimate of drug-likeness (QED) is 0.722. The molecule has 0 radical (unpaired) electrons. The van der Waals surface area contributed by atoms with Gasteiger partial charge in [-0.2, -0.15) is 0 Å². The van der Waals surface area contributed by atoms with Gasteiger partial charge in [-0.3, -0.25) is 0 Å². The zero-order chi connectivity index (χ0) is 11.4. The summed E-state index contributed by atoms with van der Waals surface area (Å²) >= 11 is 0. The molecule has 0 spiro atoms. The summed E-state index contributed by atoms with van der Waals surface area (Å²) in [5.74, 6) is 0.722. The minimum Gasteiger partial charge on any atom is -0.378 e. The van der Waals surface area contributed by atoms with E-state index in [1.54, 1.807) is 0 Å². The van der Waals surface area contributed by atoms with Crippen molar-refractivity contribution in [3.63, 3.8) is 0 Å². The molecule has 2 rings (SSSR count). The Hall–Kier alpha value is -0.120. The minimum atomic E-state index is 0.432. The zero-order valence-corrected chi connectivity index (χ0v) is 10.5. The maximum Gasteiger partial charge on any atom is 0.0613 e. The molecule has 0 aromatic carbocycles. The van der Waals surface area contributed by atoms with Crippen LogP contribution < -0.4 is 11.1 Å². The van der Waals surface area contributed by atoms with Crippen molar-refractivity contribution in [3.05, 3.63) is 0 Å². The van der Waals surface area contributed by atoms with Crippen LogP contribution in [0.2, 0.25) is 0 Å². The topological polar surface area (TPSA) is 47.3 Å². The molecule has 3 N–H and O–H groups in total. The molecule has 94 valence electrons. The predicted octanol–water partition coefficient (Wildman–Crippen LogP) is 1.52. The summed E-state index contributed by atoms with van der Waals surface area (Å²) in [5.41, 5.74) is 6.28. The minimum absolute atomic E-state index is 0.432. The van der Waals surface area contributed by atoms with Gasteiger partial charge in [0.25, 0.3) is 0 Å². The van der Waals surface area contributed by atoms with Gasteiger partial charge in [-0.1, -0.05) is 13.3 Å². The molecule has 1 saturated carbocycles. The number of ether oxygens (including phenoxy) is 1. The lowest BCUT2D eigenvalue weighted by Gasteiger charge is -2.41. The molecule has 16 heavy (non-hydrogen) atoms. The van der Waals surface area contributed by atoms with Gasteiger partial charge in [-0.25, -0.2) is 0 Å². The average Bonchev–Trinajstić information content (AvgIpc) is 2.69. The molecule has 2 aliphatic rings. The van der Waals surface area contributed by atoms with Gasteiger partial charge < -0.3 is 15.8 Å². The van der Waals surface area contributed by atoms with Crippen LogP contribution in [-0.2, 0) is 4.74 Å². The van der Waals surface area contributed by atoms with Crippen molar-refractivity contribution in [2.24, 2.45) is 17.1 Å². The molecule has 2 atom stereocenters. The lowest BCUT2D eigenvalue weighted by atomic mass is 9.69. The molecule has 0 bridgehead atoms. The Labute approximate surface area is 99.1 Å². The number of hydrogen-bond acceptors (Lipinski definition) is 3. The van der Waals surface area contributed by atoms with Gasteiger partial charge in [-0.15, -0.1) is 0 Å². The number of nitrogens with two attached hydrogens (primary N) is 1. The highest BCUT2D eigenvalue weighted by Crippen LogP contribution is 2.39. The van der Waals surface area contributed by atoms with E-state index in [0.29, 0.717) is 11.5 Å². The second-order valence-corrected chi connectivity index (χ2v) is 5.55. The monoisotopic (exact) mass is 226 g/mol. The number of rotatable bonds is 6. The molecule has 0 aromatic rings. The van der Waals surface area contributed by atoms with Gasteiger partial charge in [0.1, 0.15) is 0 Å². The standard InChI is InChI=1S/C13H26N2O/c1-2-12-11(4-7-16-12)8-15-10-13(9-14)5-3-6-13/h11-12,15H,2-10,14H2,1H3. The normalized spacial score (nSPS) is 32.6. The van der Waals surface area contributed by atoms with E-state index >= 15 is 0 Å². The molecule has 1 saturated heterocycles. The van der Waals surface area contributed by atoms with Crippen LogP contribution in [0.3, 0.4) is 0 Å². The van der Waals surface area contributed by atoms with Crippen molar-refractivity contribution in [2.45, 2.75) is 45.1 Å². The molecule has 2 fully saturated rings. The van der Waals surface area contributed by atoms with Crippen LogP contribution in [-0.4, -0.2) is 32.3 Å². The highest BCUT2D eigenvalue weighted by Gasteiger charge is 2.35. The van der Waals surface area contributed by atoms with Crippen LogP contribution in [0, 0.1) is 11.3 Å². The fourth-order valence-corrected chi connectivity index (χ4v) is 3.03. The summed E-state index contributed by atoms with van der Waals surface area (Å²) < 4.78 is 5.70. The van der Waals surface area contributed by atoms with Gasteiger partial charge in [0.05, 0.1) is 6.10 Å². The smallest absolute Gasteiger partial charge is 0.0613 e. The maximum absolute atomic E-state index is 5.85. The first-order valence-electron chi connectivity index (χ1n) is 6.82. The predicted molar refractivity (Wildman–Crippen MR) is 66.3 cm³/mol. The molecule has 3 heteroatoms. The fraction of sp³-hybridized carbons (Fsp3) is 1.00. The Morgan fingerprint density at radius 2 is 2.25 bits per heavy atom. The largest absolute Gasteiger partial charge is 0.378 e. The van der Waals surface area contributed by atoms with Gasteiger partial charge in [0.15, 0.2) is 0 Å². The van der Waals surface area contributed by atoms with Crippen molar-refractivity contribution >= 4 is 0 Å². The summed E-state index contributed by atoms with van der Waals surface area (Å²) in [6.07, 6.45) is 6.85. The molecule has 1 heterocycles. The van der Waals surface area contributed by atoms with Crippen molar-refractivity contribution in [2.75, 3.05) is 26.2 Å². The molecule has 3 nitrogen and oxygen atoms in total. The first-order valence-corrected chi connectivity index (χ1v) is 6.82. The van der Waals surface area contributed by atoms with E-state index < -0.39 is 0 Å². The molecule has 0 aromatic heterocycles. The first-order chi connectivity index (χ1) is 7.79. The lowest BCUT2D eigenvalue weighted by Crippen LogP contribution is -2.46. The van der Waals surface area contributed by atoms with Crippen LogP contribution >= 0.6 is 0 Å². The van der Waals surface area contributed by atoms with Crippen molar-refractivity contribution in [3.8, 4) is 0 Å². The van der Waals surface area contributed by atoms with Crippen LogP contribution in [0.15, 0.2) is 0 Å². The highest BCUT2D eigenvalue weighted by molar-refractivity contribution is 4.91. The number of nitrogens with one attached hydrogen (secondary N) is 1. The van der Waals surface area contributed by atoms with Gasteiger partial charge in [-0.05, 0) is 43.6 Å². The third kappa shape index (κ3) is 2.58. The summed E-state index contributed by atoms with van der Waals surface area (Å²) in [5, 5.41) is 3.63. The summed E-state index contributed by atoms with van der Waals surface area (Å²) in [6, 6.07) is 0. The average molecular weight is 226 g/mol. The SMILES string of the molecule is CCC1OCCC1CNCC1(CN)CCC1. The van der Waals surface area contributed by atoms with Crippen molar-refractivity contribution < 1.29 is 4.74 Å².